The van der Waals surface area contributed by atoms with Gasteiger partial charge in [-0.3, -0.25) is 10.1 Å². The third-order valence-electron chi connectivity index (χ3n) is 1.58. The summed E-state index contributed by atoms with van der Waals surface area (Å²) in [7, 11) is 0. The lowest BCUT2D eigenvalue weighted by molar-refractivity contribution is -0.113. The summed E-state index contributed by atoms with van der Waals surface area (Å²) in [6.07, 6.45) is 1.90. The number of hydrogen-bond donors (Lipinski definition) is 2. The van der Waals surface area contributed by atoms with E-state index in [1.807, 2.05) is 6.26 Å². The smallest absolute Gasteiger partial charge is 0.236 e. The van der Waals surface area contributed by atoms with Crippen LogP contribution >= 0.6 is 46.2 Å². The fourth-order valence-corrected chi connectivity index (χ4v) is 3.53. The summed E-state index contributed by atoms with van der Waals surface area (Å²) < 4.78 is 1.49. The zero-order valence-electron chi connectivity index (χ0n) is 9.11. The maximum absolute atomic E-state index is 11.6. The molecule has 0 radical (unpaired) electrons. The van der Waals surface area contributed by atoms with Crippen LogP contribution in [0.2, 0.25) is 0 Å². The van der Waals surface area contributed by atoms with E-state index in [1.165, 1.54) is 46.2 Å². The van der Waals surface area contributed by atoms with Gasteiger partial charge in [0.05, 0.1) is 5.75 Å². The highest BCUT2D eigenvalue weighted by molar-refractivity contribution is 8.01. The Morgan fingerprint density at radius 3 is 2.67 bits per heavy atom. The predicted octanol–water partition coefficient (Wildman–Crippen LogP) is 1.42. The van der Waals surface area contributed by atoms with E-state index in [1.54, 1.807) is 0 Å². The van der Waals surface area contributed by atoms with Gasteiger partial charge >= 0.3 is 0 Å². The fourth-order valence-electron chi connectivity index (χ4n) is 0.904. The van der Waals surface area contributed by atoms with Gasteiger partial charge in [0.25, 0.3) is 0 Å². The first-order valence-electron chi connectivity index (χ1n) is 4.56. The molecule has 0 aliphatic heterocycles. The maximum atomic E-state index is 11.6. The molecule has 0 atom stereocenters. The second kappa shape index (κ2) is 6.31. The first kappa shape index (κ1) is 13.5. The standard InChI is InChI=1S/C7H8N6OS4/c1-15-6-12-11-5(18-6)9-3(14)2-16-7-13-10-4(8)17-7/h2H2,1H3,(H2,8,10)(H,9,11,14). The minimum atomic E-state index is -0.155. The number of carbonyl (C=O) groups excluding carboxylic acids is 1. The van der Waals surface area contributed by atoms with E-state index in [0.717, 1.165) is 4.34 Å². The van der Waals surface area contributed by atoms with Crippen LogP contribution in [0.5, 0.6) is 0 Å². The average Bonchev–Trinajstić information content (AvgIpc) is 2.95. The van der Waals surface area contributed by atoms with Crippen molar-refractivity contribution in [2.45, 2.75) is 8.68 Å². The third-order valence-corrected chi connectivity index (χ3v) is 5.28. The molecule has 7 nitrogen and oxygen atoms in total. The summed E-state index contributed by atoms with van der Waals surface area (Å²) in [5.41, 5.74) is 5.44. The Balaban J connectivity index is 1.81. The van der Waals surface area contributed by atoms with Crippen LogP contribution in [0, 0.1) is 0 Å². The number of amides is 1. The number of aromatic nitrogens is 4. The second-order valence-corrected chi connectivity index (χ2v) is 7.08. The Hall–Kier alpha value is -0.910. The lowest BCUT2D eigenvalue weighted by Gasteiger charge is -1.97. The van der Waals surface area contributed by atoms with E-state index in [4.69, 9.17) is 5.73 Å². The predicted molar refractivity (Wildman–Crippen MR) is 75.4 cm³/mol. The molecule has 0 aliphatic carbocycles. The van der Waals surface area contributed by atoms with Crippen molar-refractivity contribution >= 4 is 62.4 Å². The summed E-state index contributed by atoms with van der Waals surface area (Å²) in [4.78, 5) is 11.6. The minimum absolute atomic E-state index is 0.155. The largest absolute Gasteiger partial charge is 0.374 e. The van der Waals surface area contributed by atoms with Crippen molar-refractivity contribution in [1.29, 1.82) is 0 Å². The molecule has 2 heterocycles. The lowest BCUT2D eigenvalue weighted by Crippen LogP contribution is -2.13. The zero-order chi connectivity index (χ0) is 13.0. The number of nitrogens with one attached hydrogen (secondary N) is 1. The van der Waals surface area contributed by atoms with Gasteiger partial charge in [-0.25, -0.2) is 0 Å². The van der Waals surface area contributed by atoms with E-state index in [-0.39, 0.29) is 11.7 Å². The average molecular weight is 320 g/mol. The van der Waals surface area contributed by atoms with Crippen molar-refractivity contribution in [3.8, 4) is 0 Å². The highest BCUT2D eigenvalue weighted by atomic mass is 32.2. The van der Waals surface area contributed by atoms with E-state index >= 15 is 0 Å². The molecule has 3 N–H and O–H groups in total. The van der Waals surface area contributed by atoms with Crippen molar-refractivity contribution in [2.75, 3.05) is 23.1 Å². The van der Waals surface area contributed by atoms with Gasteiger partial charge in [0.1, 0.15) is 0 Å². The quantitative estimate of drug-likeness (QED) is 0.629. The summed E-state index contributed by atoms with van der Waals surface area (Å²) in [5.74, 6) is 0.0839. The summed E-state index contributed by atoms with van der Waals surface area (Å²) in [6, 6.07) is 0. The number of nitrogen functional groups attached to an aromatic ring is 1. The van der Waals surface area contributed by atoms with Crippen molar-refractivity contribution in [3.05, 3.63) is 0 Å². The third kappa shape index (κ3) is 3.80. The highest BCUT2D eigenvalue weighted by Crippen LogP contribution is 2.25. The summed E-state index contributed by atoms with van der Waals surface area (Å²) >= 11 is 5.37. The van der Waals surface area contributed by atoms with Gasteiger partial charge in [-0.15, -0.1) is 20.4 Å². The van der Waals surface area contributed by atoms with Crippen LogP contribution in [-0.4, -0.2) is 38.3 Å². The molecular weight excluding hydrogens is 312 g/mol. The van der Waals surface area contributed by atoms with Gasteiger partial charge in [0, 0.05) is 0 Å². The van der Waals surface area contributed by atoms with Gasteiger partial charge in [-0.05, 0) is 6.26 Å². The fraction of sp³-hybridized carbons (Fsp3) is 0.286. The molecule has 96 valence electrons. The van der Waals surface area contributed by atoms with Crippen LogP contribution in [0.4, 0.5) is 10.3 Å². The Morgan fingerprint density at radius 1 is 1.28 bits per heavy atom. The molecule has 18 heavy (non-hydrogen) atoms. The molecule has 0 bridgehead atoms. The molecule has 1 amide bonds. The first-order chi connectivity index (χ1) is 8.67. The normalized spacial score (nSPS) is 10.5. The summed E-state index contributed by atoms with van der Waals surface area (Å²) in [5, 5.41) is 18.8. The molecule has 0 saturated heterocycles. The molecule has 0 aromatic carbocycles. The number of thioether (sulfide) groups is 2. The Kier molecular flexibility index (Phi) is 4.74. The molecule has 0 aliphatic rings. The number of hydrogen-bond acceptors (Lipinski definition) is 10. The number of carbonyl (C=O) groups is 1. The second-order valence-electron chi connectivity index (χ2n) is 2.82. The van der Waals surface area contributed by atoms with Gasteiger partial charge in [-0.2, -0.15) is 0 Å². The monoisotopic (exact) mass is 320 g/mol. The zero-order valence-corrected chi connectivity index (χ0v) is 12.4. The molecular formula is C7H8N6OS4. The van der Waals surface area contributed by atoms with Crippen molar-refractivity contribution in [3.63, 3.8) is 0 Å². The lowest BCUT2D eigenvalue weighted by atomic mass is 10.7. The molecule has 0 saturated carbocycles. The van der Waals surface area contributed by atoms with Crippen LogP contribution in [0.1, 0.15) is 0 Å². The highest BCUT2D eigenvalue weighted by Gasteiger charge is 2.10. The van der Waals surface area contributed by atoms with Crippen LogP contribution in [-0.2, 0) is 4.79 Å². The summed E-state index contributed by atoms with van der Waals surface area (Å²) in [6.45, 7) is 0. The van der Waals surface area contributed by atoms with E-state index in [9.17, 15) is 4.79 Å². The van der Waals surface area contributed by atoms with Crippen molar-refractivity contribution < 1.29 is 4.79 Å². The number of rotatable bonds is 5. The molecule has 0 fully saturated rings. The Labute approximate surface area is 119 Å². The SMILES string of the molecule is CSc1nnc(NC(=O)CSc2nnc(N)s2)s1. The van der Waals surface area contributed by atoms with Gasteiger partial charge < -0.3 is 5.73 Å². The van der Waals surface area contributed by atoms with Crippen LogP contribution < -0.4 is 11.1 Å². The molecule has 2 aromatic heterocycles. The molecule has 2 rings (SSSR count). The van der Waals surface area contributed by atoms with Crippen LogP contribution in [0.25, 0.3) is 0 Å². The van der Waals surface area contributed by atoms with E-state index in [0.29, 0.717) is 14.6 Å². The van der Waals surface area contributed by atoms with Crippen LogP contribution in [0.15, 0.2) is 8.68 Å². The van der Waals surface area contributed by atoms with Gasteiger partial charge in [0.2, 0.25) is 16.2 Å². The van der Waals surface area contributed by atoms with E-state index < -0.39 is 0 Å². The molecule has 11 heteroatoms. The van der Waals surface area contributed by atoms with Gasteiger partial charge in [0.15, 0.2) is 8.68 Å². The minimum Gasteiger partial charge on any atom is -0.374 e. The number of anilines is 2. The van der Waals surface area contributed by atoms with E-state index in [2.05, 4.69) is 25.7 Å². The van der Waals surface area contributed by atoms with Crippen molar-refractivity contribution in [2.24, 2.45) is 0 Å². The number of nitrogens with two attached hydrogens (primary N) is 1. The molecule has 0 spiro atoms. The van der Waals surface area contributed by atoms with Crippen molar-refractivity contribution in [1.82, 2.24) is 20.4 Å². The molecule has 2 aromatic rings. The first-order valence-corrected chi connectivity index (χ1v) is 8.41. The van der Waals surface area contributed by atoms with Gasteiger partial charge in [-0.1, -0.05) is 46.2 Å². The topological polar surface area (TPSA) is 107 Å². The number of nitrogens with zero attached hydrogens (tertiary/aromatic N) is 4. The molecule has 0 unspecified atom stereocenters. The Morgan fingerprint density at radius 2 is 2.06 bits per heavy atom. The maximum Gasteiger partial charge on any atom is 0.236 e. The van der Waals surface area contributed by atoms with Crippen LogP contribution in [0.3, 0.4) is 0 Å². The Bertz CT molecular complexity index is 540.